The molecule has 1 aromatic carbocycles. The van der Waals surface area contributed by atoms with Crippen LogP contribution in [0.5, 0.6) is 5.88 Å². The molecule has 0 aliphatic rings. The number of rotatable bonds is 5. The van der Waals surface area contributed by atoms with Gasteiger partial charge in [0.25, 0.3) is 0 Å². The number of carbonyl (C=O) groups is 1. The van der Waals surface area contributed by atoms with Crippen LogP contribution in [0.4, 0.5) is 8.78 Å². The number of carbonyl (C=O) groups excluding carboxylic acids is 1. The van der Waals surface area contributed by atoms with Crippen molar-refractivity contribution in [1.82, 2.24) is 4.98 Å². The molecule has 122 valence electrons. The van der Waals surface area contributed by atoms with Gasteiger partial charge in [0.2, 0.25) is 5.88 Å². The van der Waals surface area contributed by atoms with Crippen LogP contribution in [0, 0.1) is 11.6 Å². The maximum atomic E-state index is 14.1. The molecule has 1 aromatic heterocycles. The molecule has 0 bridgehead atoms. The Labute approximate surface area is 133 Å². The summed E-state index contributed by atoms with van der Waals surface area (Å²) < 4.78 is 36.9. The summed E-state index contributed by atoms with van der Waals surface area (Å²) in [7, 11) is 1.25. The highest BCUT2D eigenvalue weighted by Gasteiger charge is 2.16. The van der Waals surface area contributed by atoms with Gasteiger partial charge in [-0.3, -0.25) is 0 Å². The molecule has 4 nitrogen and oxygen atoms in total. The fraction of sp³-hybridized carbons (Fsp3) is 0.294. The number of halogens is 2. The van der Waals surface area contributed by atoms with Gasteiger partial charge >= 0.3 is 5.97 Å². The Balaban J connectivity index is 2.43. The molecule has 0 saturated heterocycles. The number of pyridine rings is 1. The Bertz CT molecular complexity index is 717. The Morgan fingerprint density at radius 3 is 2.57 bits per heavy atom. The van der Waals surface area contributed by atoms with Crippen LogP contribution in [0.2, 0.25) is 0 Å². The molecule has 0 atom stereocenters. The highest BCUT2D eigenvalue weighted by Crippen LogP contribution is 2.31. The highest BCUT2D eigenvalue weighted by molar-refractivity contribution is 5.71. The van der Waals surface area contributed by atoms with E-state index in [1.54, 1.807) is 12.1 Å². The number of nitrogens with zero attached hydrogens (tertiary/aromatic N) is 1. The van der Waals surface area contributed by atoms with Gasteiger partial charge in [-0.05, 0) is 23.6 Å². The van der Waals surface area contributed by atoms with Crippen LogP contribution in [0.15, 0.2) is 30.3 Å². The Kier molecular flexibility index (Phi) is 5.26. The maximum absolute atomic E-state index is 14.1. The van der Waals surface area contributed by atoms with Crippen LogP contribution in [0.1, 0.15) is 25.3 Å². The standard InChI is InChI=1S/C17H17F2NO3/c1-10(2)12-6-7-15(23-9-16(21)22-3)20-17(12)13-5-4-11(18)8-14(13)19/h4-8,10H,9H2,1-3H3. The lowest BCUT2D eigenvalue weighted by Crippen LogP contribution is -2.13. The molecule has 0 aliphatic carbocycles. The van der Waals surface area contributed by atoms with Crippen LogP contribution >= 0.6 is 0 Å². The van der Waals surface area contributed by atoms with Gasteiger partial charge in [0.1, 0.15) is 11.6 Å². The molecule has 0 amide bonds. The van der Waals surface area contributed by atoms with E-state index in [0.717, 1.165) is 11.6 Å². The number of ether oxygens (including phenoxy) is 2. The van der Waals surface area contributed by atoms with E-state index in [9.17, 15) is 13.6 Å². The Hall–Kier alpha value is -2.50. The number of methoxy groups -OCH3 is 1. The van der Waals surface area contributed by atoms with Gasteiger partial charge in [-0.2, -0.15) is 0 Å². The minimum atomic E-state index is -0.704. The second-order valence-electron chi connectivity index (χ2n) is 5.23. The molecule has 0 radical (unpaired) electrons. The van der Waals surface area contributed by atoms with Crippen molar-refractivity contribution < 1.29 is 23.0 Å². The first-order valence-corrected chi connectivity index (χ1v) is 7.08. The SMILES string of the molecule is COC(=O)COc1ccc(C(C)C)c(-c2ccc(F)cc2F)n1. The van der Waals surface area contributed by atoms with E-state index in [-0.39, 0.29) is 24.0 Å². The van der Waals surface area contributed by atoms with Gasteiger partial charge in [-0.15, -0.1) is 0 Å². The molecule has 0 saturated carbocycles. The van der Waals surface area contributed by atoms with E-state index in [0.29, 0.717) is 5.69 Å². The van der Waals surface area contributed by atoms with E-state index >= 15 is 0 Å². The van der Waals surface area contributed by atoms with Gasteiger partial charge in [0, 0.05) is 17.7 Å². The minimum Gasteiger partial charge on any atom is -0.466 e. The summed E-state index contributed by atoms with van der Waals surface area (Å²) in [4.78, 5) is 15.4. The maximum Gasteiger partial charge on any atom is 0.343 e. The summed E-state index contributed by atoms with van der Waals surface area (Å²) in [6, 6.07) is 6.67. The largest absolute Gasteiger partial charge is 0.466 e. The fourth-order valence-corrected chi connectivity index (χ4v) is 2.09. The topological polar surface area (TPSA) is 48.4 Å². The first-order chi connectivity index (χ1) is 10.9. The summed E-state index contributed by atoms with van der Waals surface area (Å²) in [6.07, 6.45) is 0. The predicted molar refractivity (Wildman–Crippen MR) is 81.2 cm³/mol. The molecule has 0 unspecified atom stereocenters. The van der Waals surface area contributed by atoms with Crippen LogP contribution < -0.4 is 4.74 Å². The second-order valence-corrected chi connectivity index (χ2v) is 5.23. The van der Waals surface area contributed by atoms with Gasteiger partial charge < -0.3 is 9.47 Å². The molecule has 0 N–H and O–H groups in total. The predicted octanol–water partition coefficient (Wildman–Crippen LogP) is 3.70. The van der Waals surface area contributed by atoms with Gasteiger partial charge in [-0.25, -0.2) is 18.6 Å². The number of aromatic nitrogens is 1. The lowest BCUT2D eigenvalue weighted by Gasteiger charge is -2.14. The third kappa shape index (κ3) is 4.03. The number of hydrogen-bond acceptors (Lipinski definition) is 4. The fourth-order valence-electron chi connectivity index (χ4n) is 2.09. The smallest absolute Gasteiger partial charge is 0.343 e. The van der Waals surface area contributed by atoms with Crippen molar-refractivity contribution in [3.8, 4) is 17.1 Å². The zero-order chi connectivity index (χ0) is 17.0. The van der Waals surface area contributed by atoms with Crippen LogP contribution in [-0.2, 0) is 9.53 Å². The first kappa shape index (κ1) is 16.9. The number of benzene rings is 1. The first-order valence-electron chi connectivity index (χ1n) is 7.08. The van der Waals surface area contributed by atoms with Gasteiger partial charge in [-0.1, -0.05) is 19.9 Å². The molecule has 23 heavy (non-hydrogen) atoms. The van der Waals surface area contributed by atoms with E-state index in [1.165, 1.54) is 19.2 Å². The molecule has 0 fully saturated rings. The normalized spacial score (nSPS) is 10.7. The Morgan fingerprint density at radius 2 is 1.96 bits per heavy atom. The van der Waals surface area contributed by atoms with Crippen molar-refractivity contribution in [1.29, 1.82) is 0 Å². The van der Waals surface area contributed by atoms with Crippen LogP contribution in [0.3, 0.4) is 0 Å². The van der Waals surface area contributed by atoms with E-state index in [2.05, 4.69) is 9.72 Å². The van der Waals surface area contributed by atoms with Crippen LogP contribution in [-0.4, -0.2) is 24.7 Å². The summed E-state index contributed by atoms with van der Waals surface area (Å²) in [5.74, 6) is -1.66. The Morgan fingerprint density at radius 1 is 1.22 bits per heavy atom. The summed E-state index contributed by atoms with van der Waals surface area (Å²) in [5.41, 5.74) is 1.33. The van der Waals surface area contributed by atoms with E-state index < -0.39 is 17.6 Å². The van der Waals surface area contributed by atoms with Crippen molar-refractivity contribution in [2.45, 2.75) is 19.8 Å². The van der Waals surface area contributed by atoms with Gasteiger partial charge in [0.15, 0.2) is 6.61 Å². The average Bonchev–Trinajstić information content (AvgIpc) is 2.52. The van der Waals surface area contributed by atoms with Crippen LogP contribution in [0.25, 0.3) is 11.3 Å². The molecular formula is C17H17F2NO3. The van der Waals surface area contributed by atoms with E-state index in [4.69, 9.17) is 4.74 Å². The third-order valence-corrected chi connectivity index (χ3v) is 3.27. The van der Waals surface area contributed by atoms with Crippen molar-refractivity contribution in [3.05, 3.63) is 47.5 Å². The van der Waals surface area contributed by atoms with Crippen molar-refractivity contribution in [2.75, 3.05) is 13.7 Å². The lowest BCUT2D eigenvalue weighted by molar-refractivity contribution is -0.143. The molecule has 0 spiro atoms. The van der Waals surface area contributed by atoms with Gasteiger partial charge in [0.05, 0.1) is 12.8 Å². The summed E-state index contributed by atoms with van der Waals surface area (Å²) in [6.45, 7) is 3.59. The quantitative estimate of drug-likeness (QED) is 0.788. The molecule has 2 aromatic rings. The van der Waals surface area contributed by atoms with Crippen molar-refractivity contribution in [3.63, 3.8) is 0 Å². The molecule has 1 heterocycles. The zero-order valence-corrected chi connectivity index (χ0v) is 13.1. The van der Waals surface area contributed by atoms with Crippen molar-refractivity contribution in [2.24, 2.45) is 0 Å². The van der Waals surface area contributed by atoms with E-state index in [1.807, 2.05) is 13.8 Å². The summed E-state index contributed by atoms with van der Waals surface area (Å²) in [5, 5.41) is 0. The molecule has 2 rings (SSSR count). The molecule has 0 aliphatic heterocycles. The molecule has 6 heteroatoms. The zero-order valence-electron chi connectivity index (χ0n) is 13.1. The average molecular weight is 321 g/mol. The number of esters is 1. The highest BCUT2D eigenvalue weighted by atomic mass is 19.1. The third-order valence-electron chi connectivity index (χ3n) is 3.27. The molecular weight excluding hydrogens is 304 g/mol. The second kappa shape index (κ2) is 7.17. The van der Waals surface area contributed by atoms with Crippen molar-refractivity contribution >= 4 is 5.97 Å². The monoisotopic (exact) mass is 321 g/mol. The minimum absolute atomic E-state index is 0.0802. The lowest BCUT2D eigenvalue weighted by atomic mass is 9.97. The number of hydrogen-bond donors (Lipinski definition) is 0. The summed E-state index contributed by atoms with van der Waals surface area (Å²) >= 11 is 0.